The average molecular weight is 217 g/mol. The van der Waals surface area contributed by atoms with Crippen LogP contribution in [-0.4, -0.2) is 30.7 Å². The van der Waals surface area contributed by atoms with E-state index in [0.717, 1.165) is 0 Å². The third-order valence-electron chi connectivity index (χ3n) is 1.61. The zero-order chi connectivity index (χ0) is 11.8. The van der Waals surface area contributed by atoms with Crippen LogP contribution in [0.1, 0.15) is 33.6 Å². The van der Waals surface area contributed by atoms with Gasteiger partial charge in [0, 0.05) is 13.0 Å². The number of ether oxygens (including phenoxy) is 2. The molecule has 0 rings (SSSR count). The molecule has 2 N–H and O–H groups in total. The second-order valence-electron chi connectivity index (χ2n) is 3.44. The molecule has 5 heteroatoms. The predicted octanol–water partition coefficient (Wildman–Crippen LogP) is 0.609. The van der Waals surface area contributed by atoms with E-state index in [1.807, 2.05) is 0 Å². The third-order valence-corrected chi connectivity index (χ3v) is 1.61. The Balaban J connectivity index is 3.98. The topological polar surface area (TPSA) is 78.6 Å². The van der Waals surface area contributed by atoms with Crippen LogP contribution in [-0.2, 0) is 19.1 Å². The largest absolute Gasteiger partial charge is 0.463 e. The number of rotatable bonds is 6. The molecule has 5 nitrogen and oxygen atoms in total. The van der Waals surface area contributed by atoms with Gasteiger partial charge in [-0.1, -0.05) is 6.92 Å². The molecule has 0 spiro atoms. The van der Waals surface area contributed by atoms with Crippen LogP contribution in [0.5, 0.6) is 0 Å². The summed E-state index contributed by atoms with van der Waals surface area (Å²) in [4.78, 5) is 22.2. The van der Waals surface area contributed by atoms with Crippen molar-refractivity contribution in [3.05, 3.63) is 0 Å². The van der Waals surface area contributed by atoms with E-state index in [2.05, 4.69) is 0 Å². The molecule has 0 saturated carbocycles. The highest BCUT2D eigenvalue weighted by molar-refractivity contribution is 5.72. The second kappa shape index (κ2) is 7.23. The highest BCUT2D eigenvalue weighted by Crippen LogP contribution is 2.02. The Labute approximate surface area is 89.9 Å². The Morgan fingerprint density at radius 3 is 2.20 bits per heavy atom. The van der Waals surface area contributed by atoms with Gasteiger partial charge in [-0.15, -0.1) is 0 Å². The van der Waals surface area contributed by atoms with Crippen LogP contribution in [0.2, 0.25) is 0 Å². The fourth-order valence-corrected chi connectivity index (χ4v) is 0.939. The second-order valence-corrected chi connectivity index (χ2v) is 3.44. The maximum atomic E-state index is 11.2. The van der Waals surface area contributed by atoms with Crippen molar-refractivity contribution in [2.45, 2.75) is 45.8 Å². The standard InChI is InChI=1S/C10H19NO4/c1-4-9(12)15-8(6-11)5-10(13)14-7(2)3/h7-8H,4-6,11H2,1-3H3/t8-/m1/s1. The van der Waals surface area contributed by atoms with Crippen LogP contribution in [0.15, 0.2) is 0 Å². The van der Waals surface area contributed by atoms with Gasteiger partial charge >= 0.3 is 11.9 Å². The van der Waals surface area contributed by atoms with E-state index in [1.165, 1.54) is 0 Å². The Morgan fingerprint density at radius 1 is 1.20 bits per heavy atom. The molecule has 0 fully saturated rings. The van der Waals surface area contributed by atoms with Crippen molar-refractivity contribution in [3.63, 3.8) is 0 Å². The molecule has 0 aliphatic carbocycles. The molecule has 88 valence electrons. The maximum absolute atomic E-state index is 11.2. The first kappa shape index (κ1) is 13.9. The SMILES string of the molecule is CCC(=O)O[C@@H](CN)CC(=O)OC(C)C. The fraction of sp³-hybridized carbons (Fsp3) is 0.800. The summed E-state index contributed by atoms with van der Waals surface area (Å²) < 4.78 is 9.85. The number of hydrogen-bond donors (Lipinski definition) is 1. The first-order chi connectivity index (χ1) is 6.99. The summed E-state index contributed by atoms with van der Waals surface area (Å²) in [5.41, 5.74) is 5.37. The van der Waals surface area contributed by atoms with Crippen molar-refractivity contribution >= 4 is 11.9 Å². The summed E-state index contributed by atoms with van der Waals surface area (Å²) >= 11 is 0. The molecular formula is C10H19NO4. The first-order valence-electron chi connectivity index (χ1n) is 5.08. The van der Waals surface area contributed by atoms with Crippen molar-refractivity contribution < 1.29 is 19.1 Å². The molecule has 0 aliphatic heterocycles. The molecule has 0 amide bonds. The summed E-state index contributed by atoms with van der Waals surface area (Å²) in [6.07, 6.45) is -0.461. The molecule has 1 atom stereocenters. The summed E-state index contributed by atoms with van der Waals surface area (Å²) in [5.74, 6) is -0.757. The Bertz CT molecular complexity index is 215. The highest BCUT2D eigenvalue weighted by atomic mass is 16.6. The smallest absolute Gasteiger partial charge is 0.309 e. The van der Waals surface area contributed by atoms with Crippen LogP contribution in [0.25, 0.3) is 0 Å². The lowest BCUT2D eigenvalue weighted by atomic mass is 10.2. The molecule has 0 heterocycles. The number of nitrogens with two attached hydrogens (primary N) is 1. The van der Waals surface area contributed by atoms with E-state index >= 15 is 0 Å². The summed E-state index contributed by atoms with van der Waals surface area (Å²) in [6.45, 7) is 5.32. The molecule has 0 unspecified atom stereocenters. The number of carbonyl (C=O) groups excluding carboxylic acids is 2. The van der Waals surface area contributed by atoms with Crippen molar-refractivity contribution in [2.24, 2.45) is 5.73 Å². The molecular weight excluding hydrogens is 198 g/mol. The van der Waals surface area contributed by atoms with Crippen LogP contribution in [0.3, 0.4) is 0 Å². The van der Waals surface area contributed by atoms with Crippen LogP contribution < -0.4 is 5.73 Å². The third kappa shape index (κ3) is 6.90. The van der Waals surface area contributed by atoms with Gasteiger partial charge < -0.3 is 15.2 Å². The first-order valence-corrected chi connectivity index (χ1v) is 5.08. The summed E-state index contributed by atoms with van der Waals surface area (Å²) in [6, 6.07) is 0. The normalized spacial score (nSPS) is 12.3. The predicted molar refractivity (Wildman–Crippen MR) is 55.1 cm³/mol. The molecule has 0 aliphatic rings. The minimum Gasteiger partial charge on any atom is -0.463 e. The van der Waals surface area contributed by atoms with E-state index in [0.29, 0.717) is 0 Å². The molecule has 0 aromatic carbocycles. The van der Waals surface area contributed by atoms with E-state index in [9.17, 15) is 9.59 Å². The number of hydrogen-bond acceptors (Lipinski definition) is 5. The highest BCUT2D eigenvalue weighted by Gasteiger charge is 2.17. The molecule has 0 bridgehead atoms. The molecule has 15 heavy (non-hydrogen) atoms. The van der Waals surface area contributed by atoms with E-state index in [1.54, 1.807) is 20.8 Å². The van der Waals surface area contributed by atoms with Gasteiger partial charge in [-0.2, -0.15) is 0 Å². The van der Waals surface area contributed by atoms with Gasteiger partial charge in [0.2, 0.25) is 0 Å². The minimum absolute atomic E-state index is 0.0143. The minimum atomic E-state index is -0.580. The Morgan fingerprint density at radius 2 is 1.80 bits per heavy atom. The van der Waals surface area contributed by atoms with E-state index < -0.39 is 12.1 Å². The monoisotopic (exact) mass is 217 g/mol. The van der Waals surface area contributed by atoms with E-state index in [-0.39, 0.29) is 31.5 Å². The van der Waals surface area contributed by atoms with Crippen LogP contribution in [0, 0.1) is 0 Å². The van der Waals surface area contributed by atoms with Crippen molar-refractivity contribution in [2.75, 3.05) is 6.54 Å². The van der Waals surface area contributed by atoms with Gasteiger partial charge in [-0.3, -0.25) is 9.59 Å². The number of esters is 2. The van der Waals surface area contributed by atoms with Gasteiger partial charge in [-0.25, -0.2) is 0 Å². The summed E-state index contributed by atoms with van der Waals surface area (Å²) in [7, 11) is 0. The maximum Gasteiger partial charge on any atom is 0.309 e. The zero-order valence-corrected chi connectivity index (χ0v) is 9.49. The lowest BCUT2D eigenvalue weighted by molar-refractivity contribution is -0.156. The fourth-order valence-electron chi connectivity index (χ4n) is 0.939. The van der Waals surface area contributed by atoms with Crippen molar-refractivity contribution in [1.29, 1.82) is 0 Å². The van der Waals surface area contributed by atoms with Crippen LogP contribution >= 0.6 is 0 Å². The van der Waals surface area contributed by atoms with Crippen molar-refractivity contribution in [3.8, 4) is 0 Å². The zero-order valence-electron chi connectivity index (χ0n) is 9.49. The Kier molecular flexibility index (Phi) is 6.70. The molecule has 0 saturated heterocycles. The lowest BCUT2D eigenvalue weighted by Gasteiger charge is -2.15. The number of carbonyl (C=O) groups is 2. The van der Waals surface area contributed by atoms with Gasteiger partial charge in [0.15, 0.2) is 0 Å². The lowest BCUT2D eigenvalue weighted by Crippen LogP contribution is -2.30. The van der Waals surface area contributed by atoms with Gasteiger partial charge in [0.1, 0.15) is 6.10 Å². The van der Waals surface area contributed by atoms with Gasteiger partial charge in [0.25, 0.3) is 0 Å². The van der Waals surface area contributed by atoms with E-state index in [4.69, 9.17) is 15.2 Å². The average Bonchev–Trinajstić information content (AvgIpc) is 2.15. The van der Waals surface area contributed by atoms with Gasteiger partial charge in [-0.05, 0) is 13.8 Å². The van der Waals surface area contributed by atoms with Crippen molar-refractivity contribution in [1.82, 2.24) is 0 Å². The Hall–Kier alpha value is -1.10. The quantitative estimate of drug-likeness (QED) is 0.659. The van der Waals surface area contributed by atoms with Gasteiger partial charge in [0.05, 0.1) is 12.5 Å². The van der Waals surface area contributed by atoms with Crippen LogP contribution in [0.4, 0.5) is 0 Å². The molecule has 0 radical (unpaired) electrons. The molecule has 0 aromatic heterocycles. The summed E-state index contributed by atoms with van der Waals surface area (Å²) in [5, 5.41) is 0. The molecule has 0 aromatic rings.